The van der Waals surface area contributed by atoms with Gasteiger partial charge in [0.2, 0.25) is 0 Å². The minimum absolute atomic E-state index is 0.334. The van der Waals surface area contributed by atoms with Crippen LogP contribution in [-0.2, 0) is 0 Å². The van der Waals surface area contributed by atoms with Crippen LogP contribution in [0, 0.1) is 0 Å². The van der Waals surface area contributed by atoms with Crippen molar-refractivity contribution in [1.29, 1.82) is 0 Å². The molecule has 1 aliphatic heterocycles. The quantitative estimate of drug-likeness (QED) is 0.551. The lowest BCUT2D eigenvalue weighted by atomic mass is 9.93. The van der Waals surface area contributed by atoms with Gasteiger partial charge in [-0.25, -0.2) is 0 Å². The second-order valence-electron chi connectivity index (χ2n) is 3.26. The Labute approximate surface area is 78.9 Å². The summed E-state index contributed by atoms with van der Waals surface area (Å²) in [5.41, 5.74) is 1.84. The molecular weight excluding hydrogens is 161 g/mol. The zero-order valence-corrected chi connectivity index (χ0v) is 7.51. The zero-order chi connectivity index (χ0) is 9.26. The Balaban J connectivity index is 2.22. The largest absolute Gasteiger partial charge is 0.299 e. The van der Waals surface area contributed by atoms with Gasteiger partial charge in [0.25, 0.3) is 0 Å². The predicted molar refractivity (Wildman–Crippen MR) is 53.5 cm³/mol. The molecular formula is C9H10BN3. The van der Waals surface area contributed by atoms with Crippen LogP contribution in [0.3, 0.4) is 0 Å². The van der Waals surface area contributed by atoms with E-state index in [9.17, 15) is 0 Å². The van der Waals surface area contributed by atoms with Crippen LogP contribution < -0.4 is 5.46 Å². The predicted octanol–water partition coefficient (Wildman–Crippen LogP) is -0.110. The molecule has 1 unspecified atom stereocenters. The van der Waals surface area contributed by atoms with Gasteiger partial charge in [0, 0.05) is 38.1 Å². The molecule has 0 aliphatic carbocycles. The smallest absolute Gasteiger partial charge is 0.115 e. The maximum Gasteiger partial charge on any atom is 0.115 e. The van der Waals surface area contributed by atoms with Crippen molar-refractivity contribution in [1.82, 2.24) is 9.99 Å². The normalized spacial score (nSPS) is 21.0. The monoisotopic (exact) mass is 171 g/mol. The number of likely N-dealkylation sites (N-methyl/N-ethyl adjacent to an activating group) is 1. The van der Waals surface area contributed by atoms with Gasteiger partial charge < -0.3 is 0 Å². The standard InChI is InChI=1S/C9H10BN3/c1-13-6-8(4-12-13)7-2-9(10)5-11-3-7/h2-5,8H,6H2,1H3. The fourth-order valence-electron chi connectivity index (χ4n) is 1.44. The van der Waals surface area contributed by atoms with Crippen molar-refractivity contribution in [3.8, 4) is 0 Å². The van der Waals surface area contributed by atoms with Crippen LogP contribution in [0.2, 0.25) is 0 Å². The van der Waals surface area contributed by atoms with Crippen molar-refractivity contribution in [3.05, 3.63) is 24.0 Å². The molecule has 13 heavy (non-hydrogen) atoms. The highest BCUT2D eigenvalue weighted by atomic mass is 15.4. The summed E-state index contributed by atoms with van der Waals surface area (Å²) in [7, 11) is 7.59. The first-order valence-electron chi connectivity index (χ1n) is 4.21. The van der Waals surface area contributed by atoms with Gasteiger partial charge in [-0.2, -0.15) is 5.10 Å². The fourth-order valence-corrected chi connectivity index (χ4v) is 1.44. The molecule has 0 saturated heterocycles. The van der Waals surface area contributed by atoms with Gasteiger partial charge in [0.15, 0.2) is 0 Å². The average Bonchev–Trinajstić information content (AvgIpc) is 2.52. The average molecular weight is 171 g/mol. The number of hydrazone groups is 1. The summed E-state index contributed by atoms with van der Waals surface area (Å²) in [6.07, 6.45) is 5.42. The molecule has 0 aromatic carbocycles. The van der Waals surface area contributed by atoms with E-state index >= 15 is 0 Å². The van der Waals surface area contributed by atoms with Crippen LogP contribution in [0.1, 0.15) is 11.5 Å². The van der Waals surface area contributed by atoms with Crippen LogP contribution in [0.25, 0.3) is 0 Å². The number of hydrogen-bond donors (Lipinski definition) is 0. The van der Waals surface area contributed by atoms with Crippen molar-refractivity contribution in [2.24, 2.45) is 5.10 Å². The maximum absolute atomic E-state index is 5.64. The lowest BCUT2D eigenvalue weighted by molar-refractivity contribution is 0.381. The first-order chi connectivity index (χ1) is 6.25. The molecule has 0 fully saturated rings. The SMILES string of the molecule is [B]c1cncc(C2C=NN(C)C2)c1. The molecule has 1 aromatic heterocycles. The summed E-state index contributed by atoms with van der Waals surface area (Å²) in [4.78, 5) is 4.05. The van der Waals surface area contributed by atoms with Crippen LogP contribution in [0.5, 0.6) is 0 Å². The second kappa shape index (κ2) is 3.20. The van der Waals surface area contributed by atoms with E-state index in [1.54, 1.807) is 6.20 Å². The van der Waals surface area contributed by atoms with Crippen LogP contribution in [0.15, 0.2) is 23.6 Å². The van der Waals surface area contributed by atoms with Gasteiger partial charge in [0.1, 0.15) is 7.85 Å². The Hall–Kier alpha value is -1.32. The van der Waals surface area contributed by atoms with Crippen molar-refractivity contribution in [2.75, 3.05) is 13.6 Å². The summed E-state index contributed by atoms with van der Waals surface area (Å²) in [6.45, 7) is 0.908. The third kappa shape index (κ3) is 1.71. The minimum atomic E-state index is 0.334. The molecule has 2 rings (SSSR count). The number of pyridine rings is 1. The Kier molecular flexibility index (Phi) is 2.04. The molecule has 0 bridgehead atoms. The molecule has 1 aliphatic rings. The molecule has 1 aromatic rings. The summed E-state index contributed by atoms with van der Waals surface area (Å²) < 4.78 is 0. The van der Waals surface area contributed by atoms with E-state index in [0.29, 0.717) is 11.4 Å². The van der Waals surface area contributed by atoms with Crippen LogP contribution in [0.4, 0.5) is 0 Å². The lowest BCUT2D eigenvalue weighted by Gasteiger charge is -2.10. The van der Waals surface area contributed by atoms with E-state index in [4.69, 9.17) is 7.85 Å². The van der Waals surface area contributed by atoms with Gasteiger partial charge in [-0.15, -0.1) is 0 Å². The Morgan fingerprint density at radius 2 is 2.38 bits per heavy atom. The van der Waals surface area contributed by atoms with Crippen molar-refractivity contribution in [2.45, 2.75) is 5.92 Å². The van der Waals surface area contributed by atoms with Crippen molar-refractivity contribution >= 4 is 19.5 Å². The molecule has 0 spiro atoms. The van der Waals surface area contributed by atoms with Crippen molar-refractivity contribution < 1.29 is 0 Å². The zero-order valence-electron chi connectivity index (χ0n) is 7.51. The van der Waals surface area contributed by atoms with Crippen molar-refractivity contribution in [3.63, 3.8) is 0 Å². The number of nitrogens with zero attached hydrogens (tertiary/aromatic N) is 3. The van der Waals surface area contributed by atoms with Gasteiger partial charge in [-0.3, -0.25) is 9.99 Å². The van der Waals surface area contributed by atoms with Gasteiger partial charge in [-0.05, 0) is 5.56 Å². The topological polar surface area (TPSA) is 28.5 Å². The Bertz CT molecular complexity index is 337. The van der Waals surface area contributed by atoms with Crippen LogP contribution >= 0.6 is 0 Å². The van der Waals surface area contributed by atoms with E-state index in [1.165, 1.54) is 0 Å². The molecule has 1 atom stereocenters. The third-order valence-corrected chi connectivity index (χ3v) is 2.11. The number of aromatic nitrogens is 1. The lowest BCUT2D eigenvalue weighted by Crippen LogP contribution is -2.14. The molecule has 2 heterocycles. The highest BCUT2D eigenvalue weighted by molar-refractivity contribution is 6.32. The number of hydrogen-bond acceptors (Lipinski definition) is 3. The summed E-state index contributed by atoms with van der Waals surface area (Å²) in [6, 6.07) is 1.95. The summed E-state index contributed by atoms with van der Waals surface area (Å²) in [5.74, 6) is 0.334. The highest BCUT2D eigenvalue weighted by Gasteiger charge is 2.16. The first-order valence-corrected chi connectivity index (χ1v) is 4.21. The Morgan fingerprint density at radius 1 is 1.54 bits per heavy atom. The first kappa shape index (κ1) is 8.29. The van der Waals surface area contributed by atoms with E-state index in [-0.39, 0.29) is 0 Å². The molecule has 0 amide bonds. The minimum Gasteiger partial charge on any atom is -0.299 e. The molecule has 0 saturated carbocycles. The van der Waals surface area contributed by atoms with E-state index in [0.717, 1.165) is 12.1 Å². The van der Waals surface area contributed by atoms with E-state index in [1.807, 2.05) is 30.5 Å². The Morgan fingerprint density at radius 3 is 3.00 bits per heavy atom. The number of rotatable bonds is 1. The molecule has 4 heteroatoms. The second-order valence-corrected chi connectivity index (χ2v) is 3.26. The van der Waals surface area contributed by atoms with Gasteiger partial charge in [-0.1, -0.05) is 11.5 Å². The molecule has 3 nitrogen and oxygen atoms in total. The third-order valence-electron chi connectivity index (χ3n) is 2.11. The fraction of sp³-hybridized carbons (Fsp3) is 0.333. The molecule has 64 valence electrons. The van der Waals surface area contributed by atoms with E-state index < -0.39 is 0 Å². The summed E-state index contributed by atoms with van der Waals surface area (Å²) >= 11 is 0. The van der Waals surface area contributed by atoms with Crippen LogP contribution in [-0.4, -0.2) is 37.6 Å². The van der Waals surface area contributed by atoms with Gasteiger partial charge in [0.05, 0.1) is 0 Å². The molecule has 2 radical (unpaired) electrons. The molecule has 0 N–H and O–H groups in total. The summed E-state index contributed by atoms with van der Waals surface area (Å²) in [5, 5.41) is 6.07. The van der Waals surface area contributed by atoms with Gasteiger partial charge >= 0.3 is 0 Å². The van der Waals surface area contributed by atoms with E-state index in [2.05, 4.69) is 10.1 Å². The highest BCUT2D eigenvalue weighted by Crippen LogP contribution is 2.17. The maximum atomic E-state index is 5.64.